The summed E-state index contributed by atoms with van der Waals surface area (Å²) < 4.78 is 12.4. The van der Waals surface area contributed by atoms with Crippen LogP contribution in [0.15, 0.2) is 0 Å². The maximum atomic E-state index is 11.2. The van der Waals surface area contributed by atoms with Crippen LogP contribution in [-0.4, -0.2) is 47.8 Å². The molecular formula is C14H24N4O3. The summed E-state index contributed by atoms with van der Waals surface area (Å²) in [7, 11) is 1.70. The van der Waals surface area contributed by atoms with Gasteiger partial charge in [-0.1, -0.05) is 5.21 Å². The lowest BCUT2D eigenvalue weighted by molar-refractivity contribution is -0.117. The van der Waals surface area contributed by atoms with Gasteiger partial charge in [-0.05, 0) is 25.7 Å². The molecule has 118 valence electrons. The number of nitrogens with two attached hydrogens (primary N) is 1. The van der Waals surface area contributed by atoms with Crippen molar-refractivity contribution in [1.82, 2.24) is 15.0 Å². The van der Waals surface area contributed by atoms with Gasteiger partial charge in [-0.25, -0.2) is 4.68 Å². The minimum Gasteiger partial charge on any atom is -0.385 e. The molecule has 0 bridgehead atoms. The molecule has 1 fully saturated rings. The van der Waals surface area contributed by atoms with E-state index in [-0.39, 0.29) is 12.3 Å². The van der Waals surface area contributed by atoms with Gasteiger partial charge in [0.15, 0.2) is 0 Å². The lowest BCUT2D eigenvalue weighted by Crippen LogP contribution is -2.21. The van der Waals surface area contributed by atoms with E-state index in [4.69, 9.17) is 15.2 Å². The average molecular weight is 296 g/mol. The van der Waals surface area contributed by atoms with Gasteiger partial charge >= 0.3 is 0 Å². The smallest absolute Gasteiger partial charge is 0.223 e. The molecule has 7 heteroatoms. The van der Waals surface area contributed by atoms with Crippen LogP contribution in [0.1, 0.15) is 43.0 Å². The summed E-state index contributed by atoms with van der Waals surface area (Å²) in [5, 5.41) is 8.39. The van der Waals surface area contributed by atoms with Crippen LogP contribution >= 0.6 is 0 Å². The number of unbranched alkanes of at least 4 members (excludes halogenated alkanes) is 1. The van der Waals surface area contributed by atoms with Crippen molar-refractivity contribution in [3.63, 3.8) is 0 Å². The largest absolute Gasteiger partial charge is 0.385 e. The SMILES string of the molecule is COCCCCn1nnc(CC(N)=O)c1C1CCOCC1. The maximum absolute atomic E-state index is 11.2. The van der Waals surface area contributed by atoms with E-state index < -0.39 is 0 Å². The summed E-state index contributed by atoms with van der Waals surface area (Å²) in [6.45, 7) is 3.03. The summed E-state index contributed by atoms with van der Waals surface area (Å²) in [5.41, 5.74) is 7.10. The number of rotatable bonds is 8. The molecule has 2 heterocycles. The Labute approximate surface area is 124 Å². The Morgan fingerprint density at radius 1 is 1.43 bits per heavy atom. The molecule has 21 heavy (non-hydrogen) atoms. The van der Waals surface area contributed by atoms with Crippen LogP contribution < -0.4 is 5.73 Å². The lowest BCUT2D eigenvalue weighted by Gasteiger charge is -2.23. The lowest BCUT2D eigenvalue weighted by atomic mass is 9.94. The zero-order chi connectivity index (χ0) is 15.1. The van der Waals surface area contributed by atoms with Crippen LogP contribution in [0.2, 0.25) is 0 Å². The van der Waals surface area contributed by atoms with Crippen LogP contribution in [0.25, 0.3) is 0 Å². The monoisotopic (exact) mass is 296 g/mol. The molecule has 7 nitrogen and oxygen atoms in total. The number of ether oxygens (including phenoxy) is 2. The molecule has 0 unspecified atom stereocenters. The Kier molecular flexibility index (Phi) is 6.13. The molecule has 0 saturated carbocycles. The summed E-state index contributed by atoms with van der Waals surface area (Å²) in [6, 6.07) is 0. The van der Waals surface area contributed by atoms with Gasteiger partial charge < -0.3 is 15.2 Å². The predicted molar refractivity (Wildman–Crippen MR) is 76.8 cm³/mol. The third kappa shape index (κ3) is 4.50. The van der Waals surface area contributed by atoms with Crippen LogP contribution in [0.3, 0.4) is 0 Å². The molecule has 1 aliphatic heterocycles. The van der Waals surface area contributed by atoms with E-state index in [2.05, 4.69) is 10.3 Å². The first-order valence-corrected chi connectivity index (χ1v) is 7.49. The van der Waals surface area contributed by atoms with Crippen molar-refractivity contribution in [3.8, 4) is 0 Å². The molecule has 0 aromatic carbocycles. The summed E-state index contributed by atoms with van der Waals surface area (Å²) >= 11 is 0. The van der Waals surface area contributed by atoms with Crippen LogP contribution in [0.4, 0.5) is 0 Å². The summed E-state index contributed by atoms with van der Waals surface area (Å²) in [5.74, 6) is -0.0136. The van der Waals surface area contributed by atoms with E-state index in [1.165, 1.54) is 0 Å². The second-order valence-electron chi connectivity index (χ2n) is 5.37. The fourth-order valence-corrected chi connectivity index (χ4v) is 2.74. The number of carbonyl (C=O) groups excluding carboxylic acids is 1. The predicted octanol–water partition coefficient (Wildman–Crippen LogP) is 0.627. The maximum Gasteiger partial charge on any atom is 0.223 e. The highest BCUT2D eigenvalue weighted by molar-refractivity contribution is 5.76. The van der Waals surface area contributed by atoms with Crippen molar-refractivity contribution in [2.45, 2.75) is 44.6 Å². The van der Waals surface area contributed by atoms with E-state index in [1.54, 1.807) is 7.11 Å². The first kappa shape index (κ1) is 15.9. The fraction of sp³-hybridized carbons (Fsp3) is 0.786. The number of primary amides is 1. The topological polar surface area (TPSA) is 92.3 Å². The number of hydrogen-bond donors (Lipinski definition) is 1. The molecule has 1 aromatic rings. The van der Waals surface area contributed by atoms with Gasteiger partial charge in [0.05, 0.1) is 17.8 Å². The zero-order valence-corrected chi connectivity index (χ0v) is 12.6. The van der Waals surface area contributed by atoms with Gasteiger partial charge in [0.25, 0.3) is 0 Å². The minimum absolute atomic E-state index is 0.158. The van der Waals surface area contributed by atoms with Crippen LogP contribution in [-0.2, 0) is 27.2 Å². The quantitative estimate of drug-likeness (QED) is 0.710. The van der Waals surface area contributed by atoms with Crippen molar-refractivity contribution in [1.29, 1.82) is 0 Å². The Bertz CT molecular complexity index is 455. The highest BCUT2D eigenvalue weighted by Crippen LogP contribution is 2.29. The van der Waals surface area contributed by atoms with Gasteiger partial charge in [-0.2, -0.15) is 0 Å². The second kappa shape index (κ2) is 8.09. The molecule has 0 radical (unpaired) electrons. The number of aryl methyl sites for hydroxylation is 1. The molecule has 1 aromatic heterocycles. The average Bonchev–Trinajstić information content (AvgIpc) is 2.86. The highest BCUT2D eigenvalue weighted by Gasteiger charge is 2.25. The van der Waals surface area contributed by atoms with E-state index >= 15 is 0 Å². The molecule has 1 saturated heterocycles. The molecule has 2 rings (SSSR count). The Hall–Kier alpha value is -1.47. The van der Waals surface area contributed by atoms with Crippen molar-refractivity contribution >= 4 is 5.91 Å². The van der Waals surface area contributed by atoms with E-state index in [0.717, 1.165) is 63.4 Å². The Morgan fingerprint density at radius 3 is 2.86 bits per heavy atom. The number of nitrogens with zero attached hydrogens (tertiary/aromatic N) is 3. The molecule has 0 spiro atoms. The molecule has 2 N–H and O–H groups in total. The van der Waals surface area contributed by atoms with Crippen molar-refractivity contribution in [3.05, 3.63) is 11.4 Å². The number of carbonyl (C=O) groups is 1. The molecule has 1 amide bonds. The standard InChI is InChI=1S/C14H24N4O3/c1-20-7-3-2-6-18-14(11-4-8-21-9-5-11)12(16-17-18)10-13(15)19/h11H,2-10H2,1H3,(H2,15,19). The molecule has 0 aliphatic carbocycles. The number of aromatic nitrogens is 3. The van der Waals surface area contributed by atoms with Crippen LogP contribution in [0.5, 0.6) is 0 Å². The fourth-order valence-electron chi connectivity index (χ4n) is 2.74. The van der Waals surface area contributed by atoms with E-state index in [0.29, 0.717) is 5.92 Å². The Balaban J connectivity index is 2.10. The normalized spacial score (nSPS) is 16.2. The third-order valence-electron chi connectivity index (χ3n) is 3.77. The minimum atomic E-state index is -0.366. The number of methoxy groups -OCH3 is 1. The number of amides is 1. The molecular weight excluding hydrogens is 272 g/mol. The van der Waals surface area contributed by atoms with Gasteiger partial charge in [-0.3, -0.25) is 4.79 Å². The van der Waals surface area contributed by atoms with Crippen molar-refractivity contribution < 1.29 is 14.3 Å². The highest BCUT2D eigenvalue weighted by atomic mass is 16.5. The first-order chi connectivity index (χ1) is 10.2. The van der Waals surface area contributed by atoms with Crippen molar-refractivity contribution in [2.75, 3.05) is 26.9 Å². The number of hydrogen-bond acceptors (Lipinski definition) is 5. The third-order valence-corrected chi connectivity index (χ3v) is 3.77. The second-order valence-corrected chi connectivity index (χ2v) is 5.37. The van der Waals surface area contributed by atoms with Gasteiger partial charge in [0, 0.05) is 39.4 Å². The van der Waals surface area contributed by atoms with E-state index in [9.17, 15) is 4.79 Å². The first-order valence-electron chi connectivity index (χ1n) is 7.49. The zero-order valence-electron chi connectivity index (χ0n) is 12.6. The molecule has 1 aliphatic rings. The summed E-state index contributed by atoms with van der Waals surface area (Å²) in [4.78, 5) is 11.2. The van der Waals surface area contributed by atoms with E-state index in [1.807, 2.05) is 4.68 Å². The van der Waals surface area contributed by atoms with Gasteiger partial charge in [0.1, 0.15) is 0 Å². The molecule has 0 atom stereocenters. The van der Waals surface area contributed by atoms with Gasteiger partial charge in [-0.15, -0.1) is 5.10 Å². The van der Waals surface area contributed by atoms with Gasteiger partial charge in [0.2, 0.25) is 5.91 Å². The Morgan fingerprint density at radius 2 is 2.19 bits per heavy atom. The van der Waals surface area contributed by atoms with Crippen LogP contribution in [0, 0.1) is 0 Å². The summed E-state index contributed by atoms with van der Waals surface area (Å²) in [6.07, 6.45) is 4.00. The van der Waals surface area contributed by atoms with Crippen molar-refractivity contribution in [2.24, 2.45) is 5.73 Å².